The summed E-state index contributed by atoms with van der Waals surface area (Å²) < 4.78 is 25.3. The van der Waals surface area contributed by atoms with Crippen LogP contribution in [0.1, 0.15) is 17.3 Å². The molecule has 15 heavy (non-hydrogen) atoms. The van der Waals surface area contributed by atoms with Crippen molar-refractivity contribution in [3.05, 3.63) is 35.4 Å². The van der Waals surface area contributed by atoms with Crippen molar-refractivity contribution in [3.8, 4) is 0 Å². The van der Waals surface area contributed by atoms with Crippen molar-refractivity contribution < 1.29 is 18.7 Å². The molecule has 1 amide bonds. The van der Waals surface area contributed by atoms with E-state index in [0.717, 1.165) is 12.1 Å². The highest BCUT2D eigenvalue weighted by Gasteiger charge is 2.09. The fraction of sp³-hybridized carbons (Fsp3) is 0.300. The van der Waals surface area contributed by atoms with Gasteiger partial charge in [-0.05, 0) is 25.1 Å². The summed E-state index contributed by atoms with van der Waals surface area (Å²) in [5, 5.41) is 11.3. The molecule has 3 nitrogen and oxygen atoms in total. The van der Waals surface area contributed by atoms with Gasteiger partial charge in [0, 0.05) is 12.1 Å². The molecule has 0 unspecified atom stereocenters. The number of halogens is 2. The van der Waals surface area contributed by atoms with Crippen LogP contribution in [-0.4, -0.2) is 23.7 Å². The Balaban J connectivity index is 2.70. The fourth-order valence-electron chi connectivity index (χ4n) is 0.980. The molecular weight excluding hydrogens is 204 g/mol. The zero-order valence-electron chi connectivity index (χ0n) is 8.13. The molecule has 0 heterocycles. The molecule has 1 rings (SSSR count). The largest absolute Gasteiger partial charge is 0.392 e. The summed E-state index contributed by atoms with van der Waals surface area (Å²) in [6.45, 7) is 1.57. The fourth-order valence-corrected chi connectivity index (χ4v) is 0.980. The Morgan fingerprint density at radius 1 is 1.47 bits per heavy atom. The lowest BCUT2D eigenvalue weighted by Gasteiger charge is -2.07. The Morgan fingerprint density at radius 2 is 2.13 bits per heavy atom. The minimum Gasteiger partial charge on any atom is -0.392 e. The molecule has 0 aromatic heterocycles. The van der Waals surface area contributed by atoms with Gasteiger partial charge in [-0.25, -0.2) is 8.78 Å². The number of benzene rings is 1. The molecule has 82 valence electrons. The Morgan fingerprint density at radius 3 is 2.67 bits per heavy atom. The van der Waals surface area contributed by atoms with Crippen molar-refractivity contribution in [3.63, 3.8) is 0 Å². The van der Waals surface area contributed by atoms with Crippen LogP contribution in [-0.2, 0) is 0 Å². The third-order valence-electron chi connectivity index (χ3n) is 1.74. The number of aliphatic hydroxyl groups is 1. The van der Waals surface area contributed by atoms with Crippen molar-refractivity contribution in [2.45, 2.75) is 13.0 Å². The first-order valence-electron chi connectivity index (χ1n) is 4.42. The van der Waals surface area contributed by atoms with Gasteiger partial charge in [0.25, 0.3) is 5.91 Å². The highest BCUT2D eigenvalue weighted by Crippen LogP contribution is 2.08. The van der Waals surface area contributed by atoms with Crippen molar-refractivity contribution in [1.82, 2.24) is 5.32 Å². The van der Waals surface area contributed by atoms with Gasteiger partial charge in [-0.15, -0.1) is 0 Å². The summed E-state index contributed by atoms with van der Waals surface area (Å²) in [5.41, 5.74) is 0.0227. The maximum Gasteiger partial charge on any atom is 0.251 e. The van der Waals surface area contributed by atoms with Gasteiger partial charge in [-0.3, -0.25) is 4.79 Å². The summed E-state index contributed by atoms with van der Waals surface area (Å²) in [5.74, 6) is -2.61. The molecule has 1 atom stereocenters. The van der Waals surface area contributed by atoms with Crippen molar-refractivity contribution in [1.29, 1.82) is 0 Å². The minimum absolute atomic E-state index is 0.0227. The lowest BCUT2D eigenvalue weighted by atomic mass is 10.2. The number of hydrogen-bond donors (Lipinski definition) is 2. The van der Waals surface area contributed by atoms with Gasteiger partial charge in [0.1, 0.15) is 0 Å². The SMILES string of the molecule is C[C@@H](O)CNC(=O)c1ccc(F)c(F)c1. The van der Waals surface area contributed by atoms with Crippen LogP contribution < -0.4 is 5.32 Å². The van der Waals surface area contributed by atoms with Gasteiger partial charge < -0.3 is 10.4 Å². The predicted molar refractivity (Wildman–Crippen MR) is 50.4 cm³/mol. The number of carbonyl (C=O) groups excluding carboxylic acids is 1. The first kappa shape index (κ1) is 11.6. The quantitative estimate of drug-likeness (QED) is 0.792. The van der Waals surface area contributed by atoms with Gasteiger partial charge in [0.05, 0.1) is 6.10 Å². The van der Waals surface area contributed by atoms with Crippen molar-refractivity contribution in [2.24, 2.45) is 0 Å². The van der Waals surface area contributed by atoms with Crippen molar-refractivity contribution >= 4 is 5.91 Å². The second-order valence-electron chi connectivity index (χ2n) is 3.19. The number of aliphatic hydroxyl groups excluding tert-OH is 1. The molecule has 1 aromatic carbocycles. The standard InChI is InChI=1S/C10H11F2NO2/c1-6(14)5-13-10(15)7-2-3-8(11)9(12)4-7/h2-4,6,14H,5H2,1H3,(H,13,15)/t6-/m1/s1. The smallest absolute Gasteiger partial charge is 0.251 e. The molecule has 0 aliphatic carbocycles. The molecule has 0 fully saturated rings. The predicted octanol–water partition coefficient (Wildman–Crippen LogP) is 1.08. The zero-order chi connectivity index (χ0) is 11.4. The van der Waals surface area contributed by atoms with E-state index >= 15 is 0 Å². The number of hydrogen-bond acceptors (Lipinski definition) is 2. The van der Waals surface area contributed by atoms with E-state index in [4.69, 9.17) is 5.11 Å². The van der Waals surface area contributed by atoms with E-state index < -0.39 is 23.6 Å². The zero-order valence-corrected chi connectivity index (χ0v) is 8.13. The molecule has 1 aromatic rings. The van der Waals surface area contributed by atoms with E-state index in [1.807, 2.05) is 0 Å². The number of nitrogens with one attached hydrogen (secondary N) is 1. The van der Waals surface area contributed by atoms with E-state index in [9.17, 15) is 13.6 Å². The van der Waals surface area contributed by atoms with Gasteiger partial charge >= 0.3 is 0 Å². The van der Waals surface area contributed by atoms with Crippen LogP contribution in [0, 0.1) is 11.6 Å². The Bertz CT molecular complexity index is 366. The summed E-state index contributed by atoms with van der Waals surface area (Å²) in [7, 11) is 0. The molecule has 2 N–H and O–H groups in total. The van der Waals surface area contributed by atoms with E-state index in [2.05, 4.69) is 5.32 Å². The van der Waals surface area contributed by atoms with E-state index in [1.165, 1.54) is 13.0 Å². The van der Waals surface area contributed by atoms with Crippen molar-refractivity contribution in [2.75, 3.05) is 6.54 Å². The van der Waals surface area contributed by atoms with Crippen LogP contribution in [0.5, 0.6) is 0 Å². The molecular formula is C10H11F2NO2. The molecule has 0 aliphatic heterocycles. The van der Waals surface area contributed by atoms with E-state index in [0.29, 0.717) is 0 Å². The lowest BCUT2D eigenvalue weighted by Crippen LogP contribution is -2.30. The average Bonchev–Trinajstić information content (AvgIpc) is 2.18. The highest BCUT2D eigenvalue weighted by atomic mass is 19.2. The summed E-state index contributed by atoms with van der Waals surface area (Å²) in [4.78, 5) is 11.3. The number of amides is 1. The average molecular weight is 215 g/mol. The third kappa shape index (κ3) is 3.28. The van der Waals surface area contributed by atoms with Crippen LogP contribution in [0.4, 0.5) is 8.78 Å². The normalized spacial score (nSPS) is 12.3. The molecule has 0 radical (unpaired) electrons. The first-order chi connectivity index (χ1) is 7.00. The maximum atomic E-state index is 12.7. The van der Waals surface area contributed by atoms with E-state index in [1.54, 1.807) is 0 Å². The first-order valence-corrected chi connectivity index (χ1v) is 4.42. The lowest BCUT2D eigenvalue weighted by molar-refractivity contribution is 0.0923. The number of rotatable bonds is 3. The van der Waals surface area contributed by atoms with Gasteiger partial charge in [-0.2, -0.15) is 0 Å². The molecule has 0 saturated carbocycles. The van der Waals surface area contributed by atoms with Gasteiger partial charge in [0.15, 0.2) is 11.6 Å². The van der Waals surface area contributed by atoms with Crippen LogP contribution >= 0.6 is 0 Å². The molecule has 0 saturated heterocycles. The topological polar surface area (TPSA) is 49.3 Å². The molecule has 5 heteroatoms. The summed E-state index contributed by atoms with van der Waals surface area (Å²) >= 11 is 0. The minimum atomic E-state index is -1.07. The van der Waals surface area contributed by atoms with Crippen LogP contribution in [0.3, 0.4) is 0 Å². The highest BCUT2D eigenvalue weighted by molar-refractivity contribution is 5.94. The van der Waals surface area contributed by atoms with Crippen LogP contribution in [0.15, 0.2) is 18.2 Å². The Kier molecular flexibility index (Phi) is 3.74. The summed E-state index contributed by atoms with van der Waals surface area (Å²) in [6, 6.07) is 2.87. The van der Waals surface area contributed by atoms with Gasteiger partial charge in [-0.1, -0.05) is 0 Å². The van der Waals surface area contributed by atoms with E-state index in [-0.39, 0.29) is 12.1 Å². The molecule has 0 aliphatic rings. The second-order valence-corrected chi connectivity index (χ2v) is 3.19. The second kappa shape index (κ2) is 4.84. The Hall–Kier alpha value is -1.49. The molecule has 0 bridgehead atoms. The maximum absolute atomic E-state index is 12.7. The monoisotopic (exact) mass is 215 g/mol. The third-order valence-corrected chi connectivity index (χ3v) is 1.74. The van der Waals surface area contributed by atoms with Crippen LogP contribution in [0.2, 0.25) is 0 Å². The molecule has 0 spiro atoms. The van der Waals surface area contributed by atoms with Gasteiger partial charge in [0.2, 0.25) is 0 Å². The Labute approximate surface area is 85.7 Å². The van der Waals surface area contributed by atoms with Crippen LogP contribution in [0.25, 0.3) is 0 Å². The summed E-state index contributed by atoms with van der Waals surface area (Å²) in [6.07, 6.45) is -0.681. The number of carbonyl (C=O) groups is 1.